The van der Waals surface area contributed by atoms with E-state index in [-0.39, 0.29) is 0 Å². The summed E-state index contributed by atoms with van der Waals surface area (Å²) in [6.45, 7) is 6.39. The lowest BCUT2D eigenvalue weighted by Crippen LogP contribution is -2.04. The van der Waals surface area contributed by atoms with Gasteiger partial charge >= 0.3 is 0 Å². The third-order valence-corrected chi connectivity index (χ3v) is 3.90. The smallest absolute Gasteiger partial charge is 0.155 e. The van der Waals surface area contributed by atoms with Crippen molar-refractivity contribution in [2.75, 3.05) is 5.73 Å². The highest BCUT2D eigenvalue weighted by Crippen LogP contribution is 2.27. The van der Waals surface area contributed by atoms with Gasteiger partial charge in [0, 0.05) is 5.56 Å². The molecule has 0 aliphatic carbocycles. The molecule has 1 aromatic heterocycles. The first-order valence-electron chi connectivity index (χ1n) is 7.45. The fraction of sp³-hybridized carbons (Fsp3) is 0.222. The summed E-state index contributed by atoms with van der Waals surface area (Å²) in [5.74, 6) is 1.07. The predicted octanol–water partition coefficient (Wildman–Crippen LogP) is 3.95. The lowest BCUT2D eigenvalue weighted by Gasteiger charge is -2.07. The average Bonchev–Trinajstić information content (AvgIpc) is 2.89. The Labute approximate surface area is 130 Å². The summed E-state index contributed by atoms with van der Waals surface area (Å²) in [6, 6.07) is 16.3. The molecular formula is C18H20N4. The van der Waals surface area contributed by atoms with Crippen molar-refractivity contribution < 1.29 is 0 Å². The summed E-state index contributed by atoms with van der Waals surface area (Å²) in [5.41, 5.74) is 11.3. The quantitative estimate of drug-likeness (QED) is 0.795. The van der Waals surface area contributed by atoms with Crippen LogP contribution in [-0.2, 0) is 0 Å². The lowest BCUT2D eigenvalue weighted by atomic mass is 10.0. The van der Waals surface area contributed by atoms with E-state index in [2.05, 4.69) is 48.4 Å². The maximum atomic E-state index is 6.27. The normalized spacial score (nSPS) is 11.1. The number of benzene rings is 2. The van der Waals surface area contributed by atoms with Gasteiger partial charge in [0.05, 0.1) is 5.69 Å². The minimum Gasteiger partial charge on any atom is -0.382 e. The molecule has 3 aromatic rings. The molecule has 0 unspecified atom stereocenters. The maximum Gasteiger partial charge on any atom is 0.155 e. The second-order valence-corrected chi connectivity index (χ2v) is 5.80. The van der Waals surface area contributed by atoms with E-state index in [1.54, 1.807) is 4.68 Å². The Kier molecular flexibility index (Phi) is 3.67. The Morgan fingerprint density at radius 2 is 1.68 bits per heavy atom. The van der Waals surface area contributed by atoms with Crippen molar-refractivity contribution in [1.82, 2.24) is 15.0 Å². The van der Waals surface area contributed by atoms with Crippen LogP contribution in [0.3, 0.4) is 0 Å². The molecule has 0 aliphatic heterocycles. The van der Waals surface area contributed by atoms with Crippen molar-refractivity contribution in [1.29, 1.82) is 0 Å². The zero-order valence-corrected chi connectivity index (χ0v) is 13.1. The van der Waals surface area contributed by atoms with Crippen LogP contribution >= 0.6 is 0 Å². The fourth-order valence-electron chi connectivity index (χ4n) is 2.50. The number of para-hydroxylation sites is 1. The monoisotopic (exact) mass is 292 g/mol. The van der Waals surface area contributed by atoms with Crippen LogP contribution in [0.1, 0.15) is 30.9 Å². The lowest BCUT2D eigenvalue weighted by molar-refractivity contribution is 0.806. The van der Waals surface area contributed by atoms with E-state index in [9.17, 15) is 0 Å². The highest BCUT2D eigenvalue weighted by atomic mass is 15.5. The Bertz CT molecular complexity index is 785. The van der Waals surface area contributed by atoms with E-state index in [1.807, 2.05) is 31.2 Å². The van der Waals surface area contributed by atoms with Gasteiger partial charge in [-0.2, -0.15) is 4.68 Å². The van der Waals surface area contributed by atoms with Gasteiger partial charge in [-0.25, -0.2) is 0 Å². The minimum absolute atomic E-state index is 0.508. The molecule has 0 amide bonds. The largest absolute Gasteiger partial charge is 0.382 e. The first-order valence-corrected chi connectivity index (χ1v) is 7.45. The van der Waals surface area contributed by atoms with Crippen LogP contribution in [0.25, 0.3) is 16.9 Å². The molecule has 0 radical (unpaired) electrons. The molecule has 0 atom stereocenters. The van der Waals surface area contributed by atoms with Gasteiger partial charge in [0.2, 0.25) is 0 Å². The standard InChI is InChI=1S/C18H20N4/c1-12(2)14-8-10-15(11-9-14)17-18(19)22(21-20-17)16-7-5-4-6-13(16)3/h4-12H,19H2,1-3H3. The number of anilines is 1. The Hall–Kier alpha value is -2.62. The van der Waals surface area contributed by atoms with Gasteiger partial charge in [-0.15, -0.1) is 5.10 Å². The Morgan fingerprint density at radius 1 is 1.00 bits per heavy atom. The van der Waals surface area contributed by atoms with Crippen LogP contribution in [0.15, 0.2) is 48.5 Å². The van der Waals surface area contributed by atoms with Crippen LogP contribution in [0.2, 0.25) is 0 Å². The van der Waals surface area contributed by atoms with Crippen molar-refractivity contribution in [2.24, 2.45) is 0 Å². The van der Waals surface area contributed by atoms with Crippen LogP contribution in [0.5, 0.6) is 0 Å². The molecule has 0 fully saturated rings. The number of hydrogen-bond donors (Lipinski definition) is 1. The summed E-state index contributed by atoms with van der Waals surface area (Å²) in [6.07, 6.45) is 0. The van der Waals surface area contributed by atoms with E-state index in [4.69, 9.17) is 5.73 Å². The molecule has 3 rings (SSSR count). The number of nitrogens with zero attached hydrogens (tertiary/aromatic N) is 3. The Balaban J connectivity index is 2.02. The zero-order chi connectivity index (χ0) is 15.7. The van der Waals surface area contributed by atoms with Gasteiger partial charge < -0.3 is 5.73 Å². The number of nitrogen functional groups attached to an aromatic ring is 1. The molecule has 0 bridgehead atoms. The van der Waals surface area contributed by atoms with Crippen molar-refractivity contribution in [3.05, 3.63) is 59.7 Å². The van der Waals surface area contributed by atoms with E-state index in [0.29, 0.717) is 11.7 Å². The van der Waals surface area contributed by atoms with Crippen LogP contribution in [0, 0.1) is 6.92 Å². The highest BCUT2D eigenvalue weighted by Gasteiger charge is 2.14. The van der Waals surface area contributed by atoms with Crippen molar-refractivity contribution in [3.8, 4) is 16.9 Å². The van der Waals surface area contributed by atoms with Crippen molar-refractivity contribution >= 4 is 5.82 Å². The molecular weight excluding hydrogens is 272 g/mol. The van der Waals surface area contributed by atoms with E-state index < -0.39 is 0 Å². The molecule has 0 saturated carbocycles. The van der Waals surface area contributed by atoms with Gasteiger partial charge in [-0.3, -0.25) is 0 Å². The predicted molar refractivity (Wildman–Crippen MR) is 90.0 cm³/mol. The molecule has 112 valence electrons. The molecule has 0 saturated heterocycles. The fourth-order valence-corrected chi connectivity index (χ4v) is 2.50. The average molecular weight is 292 g/mol. The van der Waals surface area contributed by atoms with Gasteiger partial charge in [0.15, 0.2) is 5.82 Å². The number of rotatable bonds is 3. The van der Waals surface area contributed by atoms with Gasteiger partial charge in [0.1, 0.15) is 5.69 Å². The van der Waals surface area contributed by atoms with Crippen LogP contribution < -0.4 is 5.73 Å². The first-order chi connectivity index (χ1) is 10.6. The molecule has 1 heterocycles. The number of aryl methyl sites for hydroxylation is 1. The summed E-state index contributed by atoms with van der Waals surface area (Å²) in [7, 11) is 0. The number of nitrogens with two attached hydrogens (primary N) is 1. The zero-order valence-electron chi connectivity index (χ0n) is 13.1. The van der Waals surface area contributed by atoms with E-state index in [1.165, 1.54) is 5.56 Å². The van der Waals surface area contributed by atoms with Crippen LogP contribution in [-0.4, -0.2) is 15.0 Å². The maximum absolute atomic E-state index is 6.27. The molecule has 22 heavy (non-hydrogen) atoms. The van der Waals surface area contributed by atoms with Gasteiger partial charge in [-0.1, -0.05) is 61.5 Å². The number of aromatic nitrogens is 3. The van der Waals surface area contributed by atoms with E-state index >= 15 is 0 Å². The van der Waals surface area contributed by atoms with Crippen molar-refractivity contribution in [2.45, 2.75) is 26.7 Å². The molecule has 4 nitrogen and oxygen atoms in total. The minimum atomic E-state index is 0.508. The second-order valence-electron chi connectivity index (χ2n) is 5.80. The SMILES string of the molecule is Cc1ccccc1-n1nnc(-c2ccc(C(C)C)cc2)c1N. The second kappa shape index (κ2) is 5.64. The summed E-state index contributed by atoms with van der Waals surface area (Å²) in [5, 5.41) is 8.49. The third-order valence-electron chi connectivity index (χ3n) is 3.90. The van der Waals surface area contributed by atoms with Crippen molar-refractivity contribution in [3.63, 3.8) is 0 Å². The summed E-state index contributed by atoms with van der Waals surface area (Å²) >= 11 is 0. The molecule has 2 aromatic carbocycles. The molecule has 4 heteroatoms. The van der Waals surface area contributed by atoms with Gasteiger partial charge in [0.25, 0.3) is 0 Å². The summed E-state index contributed by atoms with van der Waals surface area (Å²) < 4.78 is 1.70. The summed E-state index contributed by atoms with van der Waals surface area (Å²) in [4.78, 5) is 0. The van der Waals surface area contributed by atoms with Crippen LogP contribution in [0.4, 0.5) is 5.82 Å². The molecule has 0 spiro atoms. The third kappa shape index (κ3) is 2.48. The van der Waals surface area contributed by atoms with Gasteiger partial charge in [-0.05, 0) is 30.0 Å². The topological polar surface area (TPSA) is 56.7 Å². The highest BCUT2D eigenvalue weighted by molar-refractivity contribution is 5.71. The Morgan fingerprint density at radius 3 is 2.32 bits per heavy atom. The molecule has 2 N–H and O–H groups in total. The number of hydrogen-bond acceptors (Lipinski definition) is 3. The van der Waals surface area contributed by atoms with E-state index in [0.717, 1.165) is 22.5 Å². The first kappa shape index (κ1) is 14.3. The molecule has 0 aliphatic rings.